The van der Waals surface area contributed by atoms with Crippen molar-refractivity contribution in [3.63, 3.8) is 0 Å². The van der Waals surface area contributed by atoms with Gasteiger partial charge in [0.1, 0.15) is 12.1 Å². The molecule has 1 aromatic heterocycles. The van der Waals surface area contributed by atoms with Crippen LogP contribution in [0.15, 0.2) is 30.6 Å². The lowest BCUT2D eigenvalue weighted by Crippen LogP contribution is -2.29. The summed E-state index contributed by atoms with van der Waals surface area (Å²) in [7, 11) is 1.80. The van der Waals surface area contributed by atoms with Crippen LogP contribution in [0, 0.1) is 5.82 Å². The van der Waals surface area contributed by atoms with E-state index in [1.54, 1.807) is 30.2 Å². The van der Waals surface area contributed by atoms with Crippen molar-refractivity contribution in [3.8, 4) is 0 Å². The predicted octanol–water partition coefficient (Wildman–Crippen LogP) is 0.725. The van der Waals surface area contributed by atoms with E-state index in [1.165, 1.54) is 12.1 Å². The molecule has 0 aliphatic carbocycles. The number of nitrogens with zero attached hydrogens (tertiary/aromatic N) is 3. The number of carbonyl (C=O) groups excluding carboxylic acids is 1. The summed E-state index contributed by atoms with van der Waals surface area (Å²) in [5, 5.41) is 9.58. The van der Waals surface area contributed by atoms with E-state index in [4.69, 9.17) is 0 Å². The number of amides is 1. The van der Waals surface area contributed by atoms with Crippen molar-refractivity contribution >= 4 is 11.6 Å². The van der Waals surface area contributed by atoms with Crippen LogP contribution in [0.5, 0.6) is 0 Å². The molecule has 0 saturated heterocycles. The number of nitrogens with one attached hydrogen (secondary N) is 2. The van der Waals surface area contributed by atoms with Gasteiger partial charge in [0, 0.05) is 20.0 Å². The Kier molecular flexibility index (Phi) is 4.78. The molecule has 0 saturated carbocycles. The summed E-state index contributed by atoms with van der Waals surface area (Å²) in [5.41, 5.74) is 0.186. The van der Waals surface area contributed by atoms with E-state index in [9.17, 15) is 9.18 Å². The van der Waals surface area contributed by atoms with Crippen molar-refractivity contribution in [2.45, 2.75) is 6.42 Å². The molecule has 0 bridgehead atoms. The number of anilines is 1. The van der Waals surface area contributed by atoms with Crippen molar-refractivity contribution in [2.75, 3.05) is 18.4 Å². The zero-order chi connectivity index (χ0) is 14.4. The highest BCUT2D eigenvalue weighted by Gasteiger charge is 2.06. The molecular formula is C13H16FN5O. The molecule has 106 valence electrons. The highest BCUT2D eigenvalue weighted by atomic mass is 19.1. The third-order valence-corrected chi connectivity index (χ3v) is 2.61. The Hall–Kier alpha value is -2.28. The molecule has 7 heteroatoms. The van der Waals surface area contributed by atoms with Gasteiger partial charge in [-0.1, -0.05) is 12.1 Å². The maximum atomic E-state index is 13.3. The molecule has 1 heterocycles. The van der Waals surface area contributed by atoms with Crippen LogP contribution >= 0.6 is 0 Å². The lowest BCUT2D eigenvalue weighted by Gasteiger charge is -2.06. The Bertz CT molecular complexity index is 584. The van der Waals surface area contributed by atoms with Gasteiger partial charge in [-0.05, 0) is 12.1 Å². The van der Waals surface area contributed by atoms with Crippen LogP contribution in [0.1, 0.15) is 5.82 Å². The number of benzene rings is 1. The van der Waals surface area contributed by atoms with Crippen LogP contribution in [0.3, 0.4) is 0 Å². The molecule has 20 heavy (non-hydrogen) atoms. The van der Waals surface area contributed by atoms with Crippen molar-refractivity contribution in [1.82, 2.24) is 20.1 Å². The summed E-state index contributed by atoms with van der Waals surface area (Å²) < 4.78 is 14.9. The van der Waals surface area contributed by atoms with Gasteiger partial charge in [-0.25, -0.2) is 9.37 Å². The zero-order valence-corrected chi connectivity index (χ0v) is 11.1. The summed E-state index contributed by atoms with van der Waals surface area (Å²) in [4.78, 5) is 15.7. The molecule has 0 atom stereocenters. The van der Waals surface area contributed by atoms with Crippen LogP contribution < -0.4 is 10.6 Å². The minimum atomic E-state index is -0.446. The van der Waals surface area contributed by atoms with Crippen molar-refractivity contribution < 1.29 is 9.18 Å². The molecule has 0 spiro atoms. The van der Waals surface area contributed by atoms with E-state index in [0.717, 1.165) is 5.82 Å². The largest absolute Gasteiger partial charge is 0.322 e. The molecule has 0 radical (unpaired) electrons. The maximum absolute atomic E-state index is 13.3. The molecule has 0 unspecified atom stereocenters. The normalized spacial score (nSPS) is 10.5. The van der Waals surface area contributed by atoms with Gasteiger partial charge in [-0.2, -0.15) is 5.10 Å². The number of aromatic nitrogens is 3. The molecule has 2 N–H and O–H groups in total. The van der Waals surface area contributed by atoms with Crippen LogP contribution in [-0.4, -0.2) is 33.8 Å². The number of hydrogen-bond acceptors (Lipinski definition) is 4. The van der Waals surface area contributed by atoms with Gasteiger partial charge in [0.05, 0.1) is 12.2 Å². The van der Waals surface area contributed by atoms with Gasteiger partial charge in [0.2, 0.25) is 5.91 Å². The van der Waals surface area contributed by atoms with Gasteiger partial charge < -0.3 is 10.6 Å². The lowest BCUT2D eigenvalue weighted by molar-refractivity contribution is -0.115. The Morgan fingerprint density at radius 1 is 1.40 bits per heavy atom. The topological polar surface area (TPSA) is 71.8 Å². The standard InChI is InChI=1S/C13H16FN5O/c1-19-9-16-12(18-19)6-7-15-8-13(20)17-11-5-3-2-4-10(11)14/h2-5,9,15H,6-8H2,1H3,(H,17,20). The van der Waals surface area contributed by atoms with Crippen LogP contribution in [0.4, 0.5) is 10.1 Å². The Balaban J connectivity index is 1.69. The average molecular weight is 277 g/mol. The van der Waals surface area contributed by atoms with Crippen LogP contribution in [-0.2, 0) is 18.3 Å². The van der Waals surface area contributed by atoms with Gasteiger partial charge in [-0.3, -0.25) is 9.48 Å². The molecule has 0 aliphatic heterocycles. The van der Waals surface area contributed by atoms with Gasteiger partial charge >= 0.3 is 0 Å². The van der Waals surface area contributed by atoms with E-state index in [0.29, 0.717) is 13.0 Å². The predicted molar refractivity (Wildman–Crippen MR) is 72.6 cm³/mol. The summed E-state index contributed by atoms with van der Waals surface area (Å²) in [5.74, 6) is -0.0165. The Morgan fingerprint density at radius 2 is 2.20 bits per heavy atom. The third-order valence-electron chi connectivity index (χ3n) is 2.61. The minimum Gasteiger partial charge on any atom is -0.322 e. The van der Waals surface area contributed by atoms with E-state index < -0.39 is 5.82 Å². The first-order chi connectivity index (χ1) is 9.65. The number of hydrogen-bond donors (Lipinski definition) is 2. The molecular weight excluding hydrogens is 261 g/mol. The molecule has 6 nitrogen and oxygen atoms in total. The molecule has 0 aliphatic rings. The van der Waals surface area contributed by atoms with E-state index in [2.05, 4.69) is 20.7 Å². The van der Waals surface area contributed by atoms with Gasteiger partial charge in [0.25, 0.3) is 0 Å². The molecule has 2 aromatic rings. The van der Waals surface area contributed by atoms with E-state index in [-0.39, 0.29) is 18.1 Å². The number of carbonyl (C=O) groups is 1. The number of halogens is 1. The average Bonchev–Trinajstić information content (AvgIpc) is 2.83. The van der Waals surface area contributed by atoms with E-state index >= 15 is 0 Å². The second-order valence-corrected chi connectivity index (χ2v) is 4.29. The summed E-state index contributed by atoms with van der Waals surface area (Å²) in [6, 6.07) is 6.06. The molecule has 2 rings (SSSR count). The fourth-order valence-corrected chi connectivity index (χ4v) is 1.66. The Labute approximate surface area is 116 Å². The zero-order valence-electron chi connectivity index (χ0n) is 11.1. The second-order valence-electron chi connectivity index (χ2n) is 4.29. The fourth-order valence-electron chi connectivity index (χ4n) is 1.66. The second kappa shape index (κ2) is 6.76. The summed E-state index contributed by atoms with van der Waals surface area (Å²) in [6.45, 7) is 0.690. The van der Waals surface area contributed by atoms with E-state index in [1.807, 2.05) is 0 Å². The van der Waals surface area contributed by atoms with Crippen LogP contribution in [0.25, 0.3) is 0 Å². The molecule has 0 fully saturated rings. The first-order valence-corrected chi connectivity index (χ1v) is 6.25. The Morgan fingerprint density at radius 3 is 2.90 bits per heavy atom. The van der Waals surface area contributed by atoms with Crippen LogP contribution in [0.2, 0.25) is 0 Å². The molecule has 1 amide bonds. The minimum absolute atomic E-state index is 0.112. The maximum Gasteiger partial charge on any atom is 0.238 e. The number of rotatable bonds is 6. The summed E-state index contributed by atoms with van der Waals surface area (Å²) >= 11 is 0. The first kappa shape index (κ1) is 14.1. The monoisotopic (exact) mass is 277 g/mol. The van der Waals surface area contributed by atoms with Crippen molar-refractivity contribution in [2.24, 2.45) is 7.05 Å². The SMILES string of the molecule is Cn1cnc(CCNCC(=O)Nc2ccccc2F)n1. The first-order valence-electron chi connectivity index (χ1n) is 6.25. The molecule has 1 aromatic carbocycles. The number of para-hydroxylation sites is 1. The third kappa shape index (κ3) is 4.13. The fraction of sp³-hybridized carbons (Fsp3) is 0.308. The number of aryl methyl sites for hydroxylation is 1. The highest BCUT2D eigenvalue weighted by molar-refractivity contribution is 5.92. The smallest absolute Gasteiger partial charge is 0.238 e. The quantitative estimate of drug-likeness (QED) is 0.763. The van der Waals surface area contributed by atoms with Gasteiger partial charge in [0.15, 0.2) is 5.82 Å². The van der Waals surface area contributed by atoms with Crippen molar-refractivity contribution in [3.05, 3.63) is 42.2 Å². The highest BCUT2D eigenvalue weighted by Crippen LogP contribution is 2.11. The summed E-state index contributed by atoms with van der Waals surface area (Å²) in [6.07, 6.45) is 2.26. The lowest BCUT2D eigenvalue weighted by atomic mass is 10.3. The van der Waals surface area contributed by atoms with Crippen molar-refractivity contribution in [1.29, 1.82) is 0 Å². The van der Waals surface area contributed by atoms with Gasteiger partial charge in [-0.15, -0.1) is 0 Å².